The van der Waals surface area contributed by atoms with Gasteiger partial charge in [-0.2, -0.15) is 0 Å². The lowest BCUT2D eigenvalue weighted by Crippen LogP contribution is -2.10. The van der Waals surface area contributed by atoms with Crippen LogP contribution in [0.15, 0.2) is 243 Å². The van der Waals surface area contributed by atoms with Crippen LogP contribution in [0, 0.1) is 54.4 Å². The molecule has 0 unspecified atom stereocenters. The van der Waals surface area contributed by atoms with Gasteiger partial charge in [-0.05, 0) is 104 Å². The summed E-state index contributed by atoms with van der Waals surface area (Å²) in [4.78, 5) is 0. The van der Waals surface area contributed by atoms with E-state index in [-0.39, 0.29) is 5.41 Å². The van der Waals surface area contributed by atoms with Gasteiger partial charge in [-0.25, -0.2) is 0 Å². The average molecular weight is 984 g/mol. The first-order chi connectivity index (χ1) is 35.4. The number of rotatable bonds is 3. The molecular weight excluding hydrogens is 889 g/mol. The highest BCUT2D eigenvalue weighted by atomic mass is 14.2. The van der Waals surface area contributed by atoms with E-state index < -0.39 is 0 Å². The van der Waals surface area contributed by atoms with E-state index in [9.17, 15) is 0 Å². The van der Waals surface area contributed by atoms with Crippen LogP contribution in [0.5, 0.6) is 0 Å². The monoisotopic (exact) mass is 983 g/mol. The summed E-state index contributed by atoms with van der Waals surface area (Å²) in [6.07, 6.45) is 1.25. The van der Waals surface area contributed by atoms with Crippen molar-refractivity contribution in [2.75, 3.05) is 0 Å². The Hall–Kier alpha value is -7.02. The quantitative estimate of drug-likeness (QED) is 0.165. The Morgan fingerprint density at radius 3 is 0.919 bits per heavy atom. The normalized spacial score (nSPS) is 9.59. The lowest BCUT2D eigenvalue weighted by molar-refractivity contribution is 0.590. The molecule has 0 heterocycles. The van der Waals surface area contributed by atoms with Crippen LogP contribution in [-0.2, 0) is 5.41 Å². The molecule has 390 valence electrons. The highest BCUT2D eigenvalue weighted by molar-refractivity contribution is 5.67. The molecule has 0 spiro atoms. The van der Waals surface area contributed by atoms with Crippen molar-refractivity contribution in [1.82, 2.24) is 0 Å². The van der Waals surface area contributed by atoms with E-state index in [0.29, 0.717) is 0 Å². The summed E-state index contributed by atoms with van der Waals surface area (Å²) in [6, 6.07) is 84.4. The Labute approximate surface area is 453 Å². The topological polar surface area (TPSA) is 0 Å². The van der Waals surface area contributed by atoms with Crippen LogP contribution < -0.4 is 0 Å². The molecule has 0 amide bonds. The Kier molecular flexibility index (Phi) is 33.9. The molecule has 0 saturated heterocycles. The van der Waals surface area contributed by atoms with Crippen LogP contribution in [-0.4, -0.2) is 0 Å². The number of benzene rings is 9. The number of hydrogen-bond acceptors (Lipinski definition) is 0. The molecule has 0 heteroatoms. The summed E-state index contributed by atoms with van der Waals surface area (Å²) >= 11 is 0. The third-order valence-electron chi connectivity index (χ3n) is 10.6. The SMILES string of the molecule is CC.CC(C)C.CCC.Cc1ccc(-c2ccccc2)cc1.Cc1ccc(C(C)(C)C)cc1.Cc1ccc(C)cc1.Cc1cccc(-c2ccccc2)c1.Cc1ccccc1.Cc1ccccc1-c1ccccc1. The van der Waals surface area contributed by atoms with Gasteiger partial charge in [0.15, 0.2) is 0 Å². The highest BCUT2D eigenvalue weighted by Crippen LogP contribution is 2.24. The summed E-state index contributed by atoms with van der Waals surface area (Å²) in [5.41, 5.74) is 18.7. The van der Waals surface area contributed by atoms with E-state index in [0.717, 1.165) is 5.92 Å². The number of hydrogen-bond donors (Lipinski definition) is 0. The van der Waals surface area contributed by atoms with Crippen molar-refractivity contribution in [3.8, 4) is 33.4 Å². The molecule has 0 aliphatic heterocycles. The summed E-state index contributed by atoms with van der Waals surface area (Å²) in [6.45, 7) is 36.2. The van der Waals surface area contributed by atoms with Gasteiger partial charge in [-0.1, -0.05) is 352 Å². The molecule has 0 aliphatic rings. The predicted molar refractivity (Wildman–Crippen MR) is 335 cm³/mol. The van der Waals surface area contributed by atoms with Crippen molar-refractivity contribution < 1.29 is 0 Å². The Morgan fingerprint density at radius 1 is 0.297 bits per heavy atom. The minimum atomic E-state index is 0.285. The van der Waals surface area contributed by atoms with Gasteiger partial charge in [0, 0.05) is 0 Å². The highest BCUT2D eigenvalue weighted by Gasteiger charge is 2.12. The standard InChI is InChI=1S/3C13H12.C11H16.C8H10.C7H8.C4H10.C3H8.C2H6/c1-11-7-5-6-10-13(11)12-8-3-2-4-9-12;1-11-6-5-9-13(10-11)12-7-3-2-4-8-12;1-11-7-9-13(10-8-11)12-5-3-2-4-6-12;1-9-5-7-10(8-6-9)11(2,3)4;1-7-3-5-8(2)6-4-7;1-7-5-3-2-4-6-7;1-4(2)3;1-3-2;1-2/h3*2-10H,1H3;5-8H,1-4H3;3-6H,1-2H3;2-6H,1H3;4H,1-3H3;3H2,1-2H3;1-2H3. The second kappa shape index (κ2) is 38.6. The fourth-order valence-corrected chi connectivity index (χ4v) is 6.57. The smallest absolute Gasteiger partial charge is 0.0132 e. The van der Waals surface area contributed by atoms with Crippen molar-refractivity contribution in [3.05, 3.63) is 287 Å². The molecule has 0 bridgehead atoms. The number of aryl methyl sites for hydroxylation is 7. The van der Waals surface area contributed by atoms with Gasteiger partial charge in [0.1, 0.15) is 0 Å². The first kappa shape index (κ1) is 65.0. The molecule has 0 radical (unpaired) electrons. The molecule has 0 nitrogen and oxygen atoms in total. The van der Waals surface area contributed by atoms with Gasteiger partial charge < -0.3 is 0 Å². The molecule has 0 N–H and O–H groups in total. The minimum absolute atomic E-state index is 0.285. The zero-order valence-corrected chi connectivity index (χ0v) is 48.9. The largest absolute Gasteiger partial charge is 0.0683 e. The van der Waals surface area contributed by atoms with Crippen LogP contribution >= 0.6 is 0 Å². The van der Waals surface area contributed by atoms with E-state index in [1.54, 1.807) is 0 Å². The first-order valence-electron chi connectivity index (χ1n) is 26.9. The fourth-order valence-electron chi connectivity index (χ4n) is 6.57. The summed E-state index contributed by atoms with van der Waals surface area (Å²) in [5, 5.41) is 0. The molecule has 0 fully saturated rings. The van der Waals surface area contributed by atoms with Gasteiger partial charge in [-0.15, -0.1) is 0 Å². The molecule has 9 rings (SSSR count). The van der Waals surface area contributed by atoms with E-state index in [1.165, 1.54) is 84.3 Å². The Morgan fingerprint density at radius 2 is 0.568 bits per heavy atom. The van der Waals surface area contributed by atoms with E-state index in [2.05, 4.69) is 310 Å². The second-order valence-electron chi connectivity index (χ2n) is 20.0. The van der Waals surface area contributed by atoms with Crippen molar-refractivity contribution in [3.63, 3.8) is 0 Å². The first-order valence-corrected chi connectivity index (χ1v) is 26.9. The van der Waals surface area contributed by atoms with E-state index >= 15 is 0 Å². The lowest BCUT2D eigenvalue weighted by Gasteiger charge is -2.18. The maximum atomic E-state index is 2.23. The summed E-state index contributed by atoms with van der Waals surface area (Å²) in [7, 11) is 0. The van der Waals surface area contributed by atoms with Gasteiger partial charge in [0.05, 0.1) is 0 Å². The molecule has 9 aromatic carbocycles. The van der Waals surface area contributed by atoms with Gasteiger partial charge in [0.25, 0.3) is 0 Å². The zero-order valence-electron chi connectivity index (χ0n) is 48.9. The molecule has 0 aromatic heterocycles. The third-order valence-corrected chi connectivity index (χ3v) is 10.6. The molecule has 9 aromatic rings. The van der Waals surface area contributed by atoms with Gasteiger partial charge >= 0.3 is 0 Å². The minimum Gasteiger partial charge on any atom is -0.0683 e. The molecule has 0 atom stereocenters. The van der Waals surface area contributed by atoms with Gasteiger partial charge in [-0.3, -0.25) is 0 Å². The van der Waals surface area contributed by atoms with Crippen LogP contribution in [0.2, 0.25) is 0 Å². The third kappa shape index (κ3) is 30.1. The Bertz CT molecular complexity index is 2660. The van der Waals surface area contributed by atoms with Crippen LogP contribution in [0.3, 0.4) is 0 Å². The van der Waals surface area contributed by atoms with E-state index in [1.807, 2.05) is 50.2 Å². The van der Waals surface area contributed by atoms with Crippen molar-refractivity contribution in [1.29, 1.82) is 0 Å². The van der Waals surface area contributed by atoms with Crippen molar-refractivity contribution >= 4 is 0 Å². The second-order valence-corrected chi connectivity index (χ2v) is 20.0. The molecule has 0 aliphatic carbocycles. The van der Waals surface area contributed by atoms with Crippen molar-refractivity contribution in [2.24, 2.45) is 5.92 Å². The van der Waals surface area contributed by atoms with E-state index in [4.69, 9.17) is 0 Å². The van der Waals surface area contributed by atoms with Crippen LogP contribution in [0.25, 0.3) is 33.4 Å². The van der Waals surface area contributed by atoms with Crippen molar-refractivity contribution in [2.45, 2.75) is 130 Å². The average Bonchev–Trinajstić information content (AvgIpc) is 3.40. The molecule has 0 saturated carbocycles. The predicted octanol–water partition coefficient (Wildman–Crippen LogP) is 22.7. The van der Waals surface area contributed by atoms with Crippen LogP contribution in [0.1, 0.15) is 120 Å². The lowest BCUT2D eigenvalue weighted by atomic mass is 9.87. The van der Waals surface area contributed by atoms with Gasteiger partial charge in [0.2, 0.25) is 0 Å². The maximum Gasteiger partial charge on any atom is -0.0132 e. The summed E-state index contributed by atoms with van der Waals surface area (Å²) in [5.74, 6) is 0.833. The maximum absolute atomic E-state index is 2.23. The fraction of sp³-hybridized carbons (Fsp3) is 0.270. The molecule has 74 heavy (non-hydrogen) atoms. The zero-order chi connectivity index (χ0) is 55.2. The Balaban J connectivity index is 0.000000434. The summed E-state index contributed by atoms with van der Waals surface area (Å²) < 4.78 is 0. The van der Waals surface area contributed by atoms with Crippen LogP contribution in [0.4, 0.5) is 0 Å². The molecular formula is C74H94.